The molecule has 6 heteroatoms. The number of aromatic nitrogens is 2. The summed E-state index contributed by atoms with van der Waals surface area (Å²) >= 11 is 1.52. The molecule has 0 amide bonds. The number of anilines is 2. The fourth-order valence-corrected chi connectivity index (χ4v) is 2.25. The lowest BCUT2D eigenvalue weighted by molar-refractivity contribution is 0.714. The molecule has 0 aromatic carbocycles. The summed E-state index contributed by atoms with van der Waals surface area (Å²) in [5.74, 6) is 8.66. The molecular formula is C11H19N5S. The largest absolute Gasteiger partial charge is 0.359 e. The summed E-state index contributed by atoms with van der Waals surface area (Å²) in [4.78, 5) is 10.9. The molecule has 1 aromatic rings. The van der Waals surface area contributed by atoms with E-state index in [1.165, 1.54) is 18.2 Å². The monoisotopic (exact) mass is 253 g/mol. The van der Waals surface area contributed by atoms with Crippen molar-refractivity contribution in [1.29, 1.82) is 0 Å². The number of hydrazine groups is 1. The lowest BCUT2D eigenvalue weighted by atomic mass is 10.3. The highest BCUT2D eigenvalue weighted by Crippen LogP contribution is 2.38. The fourth-order valence-electron chi connectivity index (χ4n) is 1.87. The van der Waals surface area contributed by atoms with Crippen LogP contribution >= 0.6 is 11.8 Å². The molecule has 1 fully saturated rings. The van der Waals surface area contributed by atoms with Gasteiger partial charge in [0.1, 0.15) is 11.6 Å². The molecule has 0 radical (unpaired) electrons. The van der Waals surface area contributed by atoms with Crippen LogP contribution in [-0.4, -0.2) is 29.8 Å². The van der Waals surface area contributed by atoms with Crippen LogP contribution in [0.3, 0.4) is 0 Å². The molecular weight excluding hydrogens is 234 g/mol. The quantitative estimate of drug-likeness (QED) is 0.359. The lowest BCUT2D eigenvalue weighted by Crippen LogP contribution is -2.22. The van der Waals surface area contributed by atoms with Crippen LogP contribution in [0.25, 0.3) is 0 Å². The number of hydrogen-bond acceptors (Lipinski definition) is 6. The van der Waals surface area contributed by atoms with Gasteiger partial charge in [-0.05, 0) is 24.5 Å². The molecule has 1 aromatic heterocycles. The smallest absolute Gasteiger partial charge is 0.191 e. The van der Waals surface area contributed by atoms with Gasteiger partial charge in [0, 0.05) is 19.7 Å². The number of nitrogens with zero attached hydrogens (tertiary/aromatic N) is 3. The summed E-state index contributed by atoms with van der Waals surface area (Å²) < 4.78 is 0. The maximum Gasteiger partial charge on any atom is 0.191 e. The average Bonchev–Trinajstić information content (AvgIpc) is 3.04. The second-order valence-corrected chi connectivity index (χ2v) is 5.37. The second-order valence-electron chi connectivity index (χ2n) is 4.60. The molecule has 0 spiro atoms. The van der Waals surface area contributed by atoms with Crippen molar-refractivity contribution in [3.8, 4) is 0 Å². The van der Waals surface area contributed by atoms with Crippen LogP contribution in [-0.2, 0) is 0 Å². The van der Waals surface area contributed by atoms with Crippen molar-refractivity contribution in [2.45, 2.75) is 18.5 Å². The minimum Gasteiger partial charge on any atom is -0.359 e. The number of thioether (sulfide) groups is 1. The van der Waals surface area contributed by atoms with E-state index in [0.29, 0.717) is 5.82 Å². The van der Waals surface area contributed by atoms with Gasteiger partial charge in [-0.1, -0.05) is 18.7 Å². The number of hydrogen-bond donors (Lipinski definition) is 2. The van der Waals surface area contributed by atoms with E-state index < -0.39 is 0 Å². The van der Waals surface area contributed by atoms with Gasteiger partial charge in [0.2, 0.25) is 0 Å². The molecule has 0 aliphatic heterocycles. The third-order valence-corrected chi connectivity index (χ3v) is 3.75. The fraction of sp³-hybridized carbons (Fsp3) is 0.636. The third kappa shape index (κ3) is 3.01. The van der Waals surface area contributed by atoms with Gasteiger partial charge in [0.05, 0.1) is 0 Å². The molecule has 1 aliphatic rings. The van der Waals surface area contributed by atoms with E-state index in [1.807, 2.05) is 12.3 Å². The van der Waals surface area contributed by atoms with E-state index in [2.05, 4.69) is 34.3 Å². The molecule has 1 aliphatic carbocycles. The standard InChI is InChI=1S/C11H19N5S/c1-7-4-8(7)6-16(2)10-5-9(15-12)13-11(14-10)17-3/h5,7-8H,4,6,12H2,1-3H3,(H,13,14,15). The lowest BCUT2D eigenvalue weighted by Gasteiger charge is -2.19. The molecule has 3 N–H and O–H groups in total. The first-order chi connectivity index (χ1) is 8.13. The van der Waals surface area contributed by atoms with Gasteiger partial charge >= 0.3 is 0 Å². The van der Waals surface area contributed by atoms with Crippen LogP contribution in [0.1, 0.15) is 13.3 Å². The summed E-state index contributed by atoms with van der Waals surface area (Å²) in [7, 11) is 2.07. The first kappa shape index (κ1) is 12.4. The topological polar surface area (TPSA) is 67.1 Å². The third-order valence-electron chi connectivity index (χ3n) is 3.20. The Balaban J connectivity index is 2.12. The van der Waals surface area contributed by atoms with E-state index in [4.69, 9.17) is 5.84 Å². The van der Waals surface area contributed by atoms with E-state index in [9.17, 15) is 0 Å². The molecule has 2 atom stereocenters. The van der Waals surface area contributed by atoms with Crippen molar-refractivity contribution >= 4 is 23.4 Å². The Morgan fingerprint density at radius 2 is 2.29 bits per heavy atom. The molecule has 5 nitrogen and oxygen atoms in total. The second kappa shape index (κ2) is 5.10. The molecule has 1 heterocycles. The number of nitrogens with one attached hydrogen (secondary N) is 1. The van der Waals surface area contributed by atoms with Crippen molar-refractivity contribution in [2.75, 3.05) is 30.2 Å². The van der Waals surface area contributed by atoms with Crippen molar-refractivity contribution in [3.63, 3.8) is 0 Å². The van der Waals surface area contributed by atoms with E-state index >= 15 is 0 Å². The summed E-state index contributed by atoms with van der Waals surface area (Å²) in [6.07, 6.45) is 3.29. The maximum atomic E-state index is 5.41. The summed E-state index contributed by atoms with van der Waals surface area (Å²) in [5.41, 5.74) is 2.58. The van der Waals surface area contributed by atoms with Crippen LogP contribution in [0.5, 0.6) is 0 Å². The number of nitrogens with two attached hydrogens (primary N) is 1. The van der Waals surface area contributed by atoms with Crippen molar-refractivity contribution in [2.24, 2.45) is 17.7 Å². The van der Waals surface area contributed by atoms with E-state index in [1.54, 1.807) is 0 Å². The minimum atomic E-state index is 0.662. The van der Waals surface area contributed by atoms with Gasteiger partial charge < -0.3 is 10.3 Å². The predicted molar refractivity (Wildman–Crippen MR) is 72.2 cm³/mol. The van der Waals surface area contributed by atoms with Gasteiger partial charge in [-0.3, -0.25) is 0 Å². The van der Waals surface area contributed by atoms with Gasteiger partial charge in [-0.15, -0.1) is 0 Å². The van der Waals surface area contributed by atoms with Crippen LogP contribution in [0.2, 0.25) is 0 Å². The zero-order chi connectivity index (χ0) is 12.4. The van der Waals surface area contributed by atoms with Gasteiger partial charge in [0.25, 0.3) is 0 Å². The Kier molecular flexibility index (Phi) is 3.73. The maximum absolute atomic E-state index is 5.41. The highest BCUT2D eigenvalue weighted by molar-refractivity contribution is 7.98. The molecule has 2 rings (SSSR count). The molecule has 2 unspecified atom stereocenters. The molecule has 0 saturated heterocycles. The highest BCUT2D eigenvalue weighted by Gasteiger charge is 2.33. The van der Waals surface area contributed by atoms with E-state index in [0.717, 1.165) is 29.4 Å². The highest BCUT2D eigenvalue weighted by atomic mass is 32.2. The zero-order valence-electron chi connectivity index (χ0n) is 10.5. The predicted octanol–water partition coefficient (Wildman–Crippen LogP) is 1.58. The summed E-state index contributed by atoms with van der Waals surface area (Å²) in [5, 5.41) is 0.742. The van der Waals surface area contributed by atoms with Crippen molar-refractivity contribution in [1.82, 2.24) is 9.97 Å². The SMILES string of the molecule is CSc1nc(NN)cc(N(C)CC2CC2C)n1. The average molecular weight is 253 g/mol. The van der Waals surface area contributed by atoms with Crippen molar-refractivity contribution < 1.29 is 0 Å². The van der Waals surface area contributed by atoms with Crippen LogP contribution in [0, 0.1) is 11.8 Å². The van der Waals surface area contributed by atoms with Crippen molar-refractivity contribution in [3.05, 3.63) is 6.07 Å². The van der Waals surface area contributed by atoms with Gasteiger partial charge in [0.15, 0.2) is 5.16 Å². The van der Waals surface area contributed by atoms with Gasteiger partial charge in [-0.2, -0.15) is 0 Å². The van der Waals surface area contributed by atoms with Crippen LogP contribution < -0.4 is 16.2 Å². The molecule has 1 saturated carbocycles. The number of nitrogen functional groups attached to an aromatic ring is 1. The van der Waals surface area contributed by atoms with Crippen LogP contribution in [0.15, 0.2) is 11.2 Å². The molecule has 0 bridgehead atoms. The zero-order valence-corrected chi connectivity index (χ0v) is 11.3. The Morgan fingerprint density at radius 1 is 1.59 bits per heavy atom. The Morgan fingerprint density at radius 3 is 2.82 bits per heavy atom. The Bertz CT molecular complexity index is 375. The summed E-state index contributed by atoms with van der Waals surface area (Å²) in [6, 6.07) is 1.88. The molecule has 94 valence electrons. The number of rotatable bonds is 5. The first-order valence-electron chi connectivity index (χ1n) is 5.75. The Labute approximate surface area is 106 Å². The first-order valence-corrected chi connectivity index (χ1v) is 6.97. The summed E-state index contributed by atoms with van der Waals surface area (Å²) in [6.45, 7) is 3.34. The normalized spacial score (nSPS) is 22.4. The molecule has 17 heavy (non-hydrogen) atoms. The Hall–Kier alpha value is -1.01. The van der Waals surface area contributed by atoms with Crippen LogP contribution in [0.4, 0.5) is 11.6 Å². The minimum absolute atomic E-state index is 0.662. The van der Waals surface area contributed by atoms with Gasteiger partial charge in [-0.25, -0.2) is 15.8 Å². The van der Waals surface area contributed by atoms with E-state index in [-0.39, 0.29) is 0 Å².